The molecule has 2 fully saturated rings. The minimum Gasteiger partial charge on any atom is -0.356 e. The molecule has 2 saturated heterocycles. The number of likely N-dealkylation sites (tertiary alicyclic amines) is 1. The van der Waals surface area contributed by atoms with Gasteiger partial charge in [0, 0.05) is 38.6 Å². The fourth-order valence-electron chi connectivity index (χ4n) is 4.41. The van der Waals surface area contributed by atoms with E-state index < -0.39 is 0 Å². The fraction of sp³-hybridized carbons (Fsp3) is 0.522. The third-order valence-electron chi connectivity index (χ3n) is 6.15. The second kappa shape index (κ2) is 9.83. The minimum atomic E-state index is 0.0331. The summed E-state index contributed by atoms with van der Waals surface area (Å²) in [5, 5.41) is 3.23. The van der Waals surface area contributed by atoms with Crippen LogP contribution in [0, 0.1) is 11.8 Å². The molecular weight excluding hydrogens is 362 g/mol. The Morgan fingerprint density at radius 3 is 2.52 bits per heavy atom. The highest BCUT2D eigenvalue weighted by atomic mass is 16.1. The van der Waals surface area contributed by atoms with E-state index in [-0.39, 0.29) is 11.8 Å². The molecule has 0 radical (unpaired) electrons. The number of anilines is 1. The Morgan fingerprint density at radius 2 is 1.76 bits per heavy atom. The number of nitrogens with zero attached hydrogens (tertiary/aromatic N) is 4. The van der Waals surface area contributed by atoms with E-state index in [1.54, 1.807) is 12.4 Å². The molecule has 0 aliphatic carbocycles. The summed E-state index contributed by atoms with van der Waals surface area (Å²) in [6.45, 7) is 5.69. The van der Waals surface area contributed by atoms with E-state index >= 15 is 0 Å². The van der Waals surface area contributed by atoms with Crippen molar-refractivity contribution in [1.29, 1.82) is 0 Å². The Bertz CT molecular complexity index is 761. The van der Waals surface area contributed by atoms with E-state index in [0.29, 0.717) is 12.5 Å². The molecular formula is C23H31N5O. The zero-order chi connectivity index (χ0) is 19.9. The molecule has 2 aliphatic heterocycles. The van der Waals surface area contributed by atoms with Gasteiger partial charge in [-0.3, -0.25) is 9.69 Å². The quantitative estimate of drug-likeness (QED) is 0.818. The maximum atomic E-state index is 12.7. The standard InChI is InChI=1S/C23H31N5O/c29-22(21-8-4-13-28(18-21)23-24-11-5-12-25-23)26-16-19-9-14-27(15-10-19)17-20-6-2-1-3-7-20/h1-3,5-7,11-12,19,21H,4,8-10,13-18H2,(H,26,29). The van der Waals surface area contributed by atoms with Gasteiger partial charge < -0.3 is 10.2 Å². The van der Waals surface area contributed by atoms with Crippen molar-refractivity contribution in [1.82, 2.24) is 20.2 Å². The molecule has 1 amide bonds. The zero-order valence-corrected chi connectivity index (χ0v) is 17.0. The Labute approximate surface area is 173 Å². The molecule has 2 aromatic rings. The number of amides is 1. The van der Waals surface area contributed by atoms with Gasteiger partial charge in [-0.25, -0.2) is 9.97 Å². The van der Waals surface area contributed by atoms with E-state index in [0.717, 1.165) is 64.4 Å². The fourth-order valence-corrected chi connectivity index (χ4v) is 4.41. The maximum Gasteiger partial charge on any atom is 0.225 e. The lowest BCUT2D eigenvalue weighted by Gasteiger charge is -2.34. The minimum absolute atomic E-state index is 0.0331. The number of carbonyl (C=O) groups excluding carboxylic acids is 1. The molecule has 29 heavy (non-hydrogen) atoms. The molecule has 6 nitrogen and oxygen atoms in total. The lowest BCUT2D eigenvalue weighted by molar-refractivity contribution is -0.125. The van der Waals surface area contributed by atoms with Crippen LogP contribution in [0.15, 0.2) is 48.8 Å². The van der Waals surface area contributed by atoms with E-state index in [1.165, 1.54) is 5.56 Å². The number of hydrogen-bond donors (Lipinski definition) is 1. The zero-order valence-electron chi connectivity index (χ0n) is 17.0. The topological polar surface area (TPSA) is 61.4 Å². The number of benzene rings is 1. The molecule has 1 aromatic carbocycles. The SMILES string of the molecule is O=C(NCC1CCN(Cc2ccccc2)CC1)C1CCCN(c2ncccn2)C1. The molecule has 1 atom stereocenters. The van der Waals surface area contributed by atoms with Crippen LogP contribution in [0.3, 0.4) is 0 Å². The maximum absolute atomic E-state index is 12.7. The van der Waals surface area contributed by atoms with Gasteiger partial charge in [-0.15, -0.1) is 0 Å². The van der Waals surface area contributed by atoms with Gasteiger partial charge in [-0.05, 0) is 56.3 Å². The number of piperidine rings is 2. The highest BCUT2D eigenvalue weighted by molar-refractivity contribution is 5.79. The third kappa shape index (κ3) is 5.54. The Balaban J connectivity index is 1.19. The molecule has 1 N–H and O–H groups in total. The van der Waals surface area contributed by atoms with Crippen molar-refractivity contribution in [3.63, 3.8) is 0 Å². The van der Waals surface area contributed by atoms with Crippen LogP contribution in [0.2, 0.25) is 0 Å². The van der Waals surface area contributed by atoms with Crippen LogP contribution in [0.1, 0.15) is 31.2 Å². The summed E-state index contributed by atoms with van der Waals surface area (Å²) < 4.78 is 0. The predicted octanol–water partition coefficient (Wildman–Crippen LogP) is 2.72. The molecule has 0 spiro atoms. The average molecular weight is 394 g/mol. The second-order valence-corrected chi connectivity index (χ2v) is 8.28. The summed E-state index contributed by atoms with van der Waals surface area (Å²) in [6.07, 6.45) is 7.79. The van der Waals surface area contributed by atoms with Crippen LogP contribution in [-0.4, -0.2) is 53.5 Å². The lowest BCUT2D eigenvalue weighted by atomic mass is 9.94. The molecule has 2 aliphatic rings. The molecule has 1 unspecified atom stereocenters. The largest absolute Gasteiger partial charge is 0.356 e. The highest BCUT2D eigenvalue weighted by Gasteiger charge is 2.28. The van der Waals surface area contributed by atoms with Crippen LogP contribution < -0.4 is 10.2 Å². The lowest BCUT2D eigenvalue weighted by Crippen LogP contribution is -2.45. The average Bonchev–Trinajstić information content (AvgIpc) is 2.80. The van der Waals surface area contributed by atoms with Crippen LogP contribution in [-0.2, 0) is 11.3 Å². The van der Waals surface area contributed by atoms with Gasteiger partial charge in [0.1, 0.15) is 0 Å². The van der Waals surface area contributed by atoms with Crippen molar-refractivity contribution in [3.8, 4) is 0 Å². The van der Waals surface area contributed by atoms with Gasteiger partial charge in [0.05, 0.1) is 5.92 Å². The normalized spacial score (nSPS) is 21.1. The van der Waals surface area contributed by atoms with Crippen molar-refractivity contribution in [2.75, 3.05) is 37.6 Å². The first-order valence-electron chi connectivity index (χ1n) is 10.8. The predicted molar refractivity (Wildman–Crippen MR) is 114 cm³/mol. The van der Waals surface area contributed by atoms with Gasteiger partial charge in [0.2, 0.25) is 11.9 Å². The highest BCUT2D eigenvalue weighted by Crippen LogP contribution is 2.21. The van der Waals surface area contributed by atoms with Crippen molar-refractivity contribution in [3.05, 3.63) is 54.4 Å². The molecule has 154 valence electrons. The second-order valence-electron chi connectivity index (χ2n) is 8.28. The van der Waals surface area contributed by atoms with Gasteiger partial charge >= 0.3 is 0 Å². The van der Waals surface area contributed by atoms with Gasteiger partial charge in [-0.1, -0.05) is 30.3 Å². The van der Waals surface area contributed by atoms with Crippen molar-refractivity contribution >= 4 is 11.9 Å². The number of nitrogens with one attached hydrogen (secondary N) is 1. The molecule has 6 heteroatoms. The van der Waals surface area contributed by atoms with Crippen molar-refractivity contribution in [2.24, 2.45) is 11.8 Å². The summed E-state index contributed by atoms with van der Waals surface area (Å²) in [5.74, 6) is 1.54. The number of hydrogen-bond acceptors (Lipinski definition) is 5. The summed E-state index contributed by atoms with van der Waals surface area (Å²) in [7, 11) is 0. The van der Waals surface area contributed by atoms with Gasteiger partial charge in [-0.2, -0.15) is 0 Å². The molecule has 0 bridgehead atoms. The van der Waals surface area contributed by atoms with E-state index in [1.807, 2.05) is 6.07 Å². The van der Waals surface area contributed by atoms with Gasteiger partial charge in [0.15, 0.2) is 0 Å². The van der Waals surface area contributed by atoms with Crippen molar-refractivity contribution in [2.45, 2.75) is 32.2 Å². The van der Waals surface area contributed by atoms with Crippen molar-refractivity contribution < 1.29 is 4.79 Å². The summed E-state index contributed by atoms with van der Waals surface area (Å²) >= 11 is 0. The first-order valence-corrected chi connectivity index (χ1v) is 10.8. The summed E-state index contributed by atoms with van der Waals surface area (Å²) in [4.78, 5) is 26.1. The molecule has 0 saturated carbocycles. The molecule has 4 rings (SSSR count). The van der Waals surface area contributed by atoms with E-state index in [9.17, 15) is 4.79 Å². The number of carbonyl (C=O) groups is 1. The van der Waals surface area contributed by atoms with Crippen LogP contribution >= 0.6 is 0 Å². The first-order chi connectivity index (χ1) is 14.3. The third-order valence-corrected chi connectivity index (χ3v) is 6.15. The van der Waals surface area contributed by atoms with Crippen LogP contribution in [0.5, 0.6) is 0 Å². The molecule has 1 aromatic heterocycles. The summed E-state index contributed by atoms with van der Waals surface area (Å²) in [5.41, 5.74) is 1.38. The monoisotopic (exact) mass is 393 g/mol. The van der Waals surface area contributed by atoms with E-state index in [2.05, 4.69) is 55.4 Å². The van der Waals surface area contributed by atoms with E-state index in [4.69, 9.17) is 0 Å². The summed E-state index contributed by atoms with van der Waals surface area (Å²) in [6, 6.07) is 12.5. The smallest absolute Gasteiger partial charge is 0.225 e. The molecule has 3 heterocycles. The van der Waals surface area contributed by atoms with Crippen LogP contribution in [0.4, 0.5) is 5.95 Å². The number of aromatic nitrogens is 2. The Hall–Kier alpha value is -2.47. The van der Waals surface area contributed by atoms with Gasteiger partial charge in [0.25, 0.3) is 0 Å². The Kier molecular flexibility index (Phi) is 6.72. The van der Waals surface area contributed by atoms with Crippen LogP contribution in [0.25, 0.3) is 0 Å². The Morgan fingerprint density at radius 1 is 1.00 bits per heavy atom. The number of rotatable bonds is 6. The first kappa shape index (κ1) is 19.8.